The highest BCUT2D eigenvalue weighted by Gasteiger charge is 2.20. The molecular weight excluding hydrogens is 294 g/mol. The molecule has 0 saturated carbocycles. The molecule has 0 aliphatic rings. The minimum atomic E-state index is -3.58. The van der Waals surface area contributed by atoms with Gasteiger partial charge in [-0.25, -0.2) is 13.1 Å². The first-order valence-electron chi connectivity index (χ1n) is 6.19. The van der Waals surface area contributed by atoms with Crippen LogP contribution in [0.3, 0.4) is 0 Å². The molecule has 9 heteroatoms. The Balaban J connectivity index is 2.30. The number of nitrogens with zero attached hydrogens (tertiary/aromatic N) is 2. The Hall–Kier alpha value is -2.13. The monoisotopic (exact) mass is 311 g/mol. The van der Waals surface area contributed by atoms with Gasteiger partial charge >= 0.3 is 0 Å². The molecule has 8 nitrogen and oxygen atoms in total. The topological polar surface area (TPSA) is 109 Å². The summed E-state index contributed by atoms with van der Waals surface area (Å²) in [5.74, 6) is 0.00127. The predicted molar refractivity (Wildman–Crippen MR) is 77.7 cm³/mol. The summed E-state index contributed by atoms with van der Waals surface area (Å²) in [6, 6.07) is 1.32. The van der Waals surface area contributed by atoms with Crippen molar-refractivity contribution in [2.24, 2.45) is 7.05 Å². The molecule has 3 N–H and O–H groups in total. The number of aromatic nitrogens is 3. The van der Waals surface area contributed by atoms with Crippen LogP contribution < -0.4 is 10.0 Å². The number of aryl methyl sites for hydroxylation is 2. The van der Waals surface area contributed by atoms with Crippen LogP contribution in [0.5, 0.6) is 0 Å². The molecule has 0 atom stereocenters. The van der Waals surface area contributed by atoms with Gasteiger partial charge < -0.3 is 9.88 Å². The van der Waals surface area contributed by atoms with E-state index >= 15 is 0 Å². The fourth-order valence-corrected chi connectivity index (χ4v) is 2.60. The number of amides is 1. The largest absolute Gasteiger partial charge is 0.345 e. The number of aromatic amines is 1. The molecule has 0 saturated heterocycles. The van der Waals surface area contributed by atoms with Crippen LogP contribution in [-0.4, -0.2) is 36.1 Å². The van der Waals surface area contributed by atoms with Crippen molar-refractivity contribution in [3.63, 3.8) is 0 Å². The van der Waals surface area contributed by atoms with E-state index in [1.807, 2.05) is 13.8 Å². The van der Waals surface area contributed by atoms with Crippen LogP contribution >= 0.6 is 0 Å². The number of sulfonamides is 1. The summed E-state index contributed by atoms with van der Waals surface area (Å²) in [6.07, 6.45) is 1.38. The molecule has 2 rings (SSSR count). The van der Waals surface area contributed by atoms with E-state index in [0.717, 1.165) is 11.3 Å². The van der Waals surface area contributed by atoms with Gasteiger partial charge in [0.1, 0.15) is 10.6 Å². The Kier molecular flexibility index (Phi) is 3.88. The molecule has 2 aromatic rings. The van der Waals surface area contributed by atoms with Crippen LogP contribution in [0, 0.1) is 13.8 Å². The highest BCUT2D eigenvalue weighted by atomic mass is 32.2. The fraction of sp³-hybridized carbons (Fsp3) is 0.333. The number of rotatable bonds is 4. The molecule has 0 bridgehead atoms. The maximum atomic E-state index is 12.2. The molecule has 0 unspecified atom stereocenters. The van der Waals surface area contributed by atoms with Crippen molar-refractivity contribution in [2.75, 3.05) is 12.4 Å². The van der Waals surface area contributed by atoms with E-state index in [-0.39, 0.29) is 10.6 Å². The molecule has 2 heterocycles. The number of carbonyl (C=O) groups excluding carboxylic acids is 1. The summed E-state index contributed by atoms with van der Waals surface area (Å²) < 4.78 is 27.1. The minimum Gasteiger partial charge on any atom is -0.345 e. The lowest BCUT2D eigenvalue weighted by Gasteiger charge is -2.03. The van der Waals surface area contributed by atoms with Crippen molar-refractivity contribution in [1.29, 1.82) is 0 Å². The quantitative estimate of drug-likeness (QED) is 0.765. The van der Waals surface area contributed by atoms with Crippen molar-refractivity contribution >= 4 is 21.7 Å². The molecule has 0 radical (unpaired) electrons. The van der Waals surface area contributed by atoms with Crippen LogP contribution in [0.15, 0.2) is 17.2 Å². The predicted octanol–water partition coefficient (Wildman–Crippen LogP) is 0.525. The highest BCUT2D eigenvalue weighted by molar-refractivity contribution is 7.89. The molecule has 114 valence electrons. The van der Waals surface area contributed by atoms with Crippen molar-refractivity contribution in [2.45, 2.75) is 18.7 Å². The zero-order chi connectivity index (χ0) is 15.8. The maximum Gasteiger partial charge on any atom is 0.273 e. The van der Waals surface area contributed by atoms with Gasteiger partial charge in [-0.15, -0.1) is 0 Å². The van der Waals surface area contributed by atoms with Crippen LogP contribution in [0.2, 0.25) is 0 Å². The zero-order valence-electron chi connectivity index (χ0n) is 12.2. The summed E-state index contributed by atoms with van der Waals surface area (Å²) >= 11 is 0. The third-order valence-electron chi connectivity index (χ3n) is 3.28. The fourth-order valence-electron chi connectivity index (χ4n) is 1.80. The summed E-state index contributed by atoms with van der Waals surface area (Å²) in [5, 5.41) is 9.41. The molecule has 0 fully saturated rings. The van der Waals surface area contributed by atoms with Crippen LogP contribution in [0.1, 0.15) is 21.7 Å². The molecule has 0 aliphatic carbocycles. The van der Waals surface area contributed by atoms with Gasteiger partial charge in [-0.3, -0.25) is 9.89 Å². The van der Waals surface area contributed by atoms with E-state index < -0.39 is 15.9 Å². The summed E-state index contributed by atoms with van der Waals surface area (Å²) in [6.45, 7) is 3.68. The Morgan fingerprint density at radius 2 is 2.05 bits per heavy atom. The number of hydrogen-bond donors (Lipinski definition) is 3. The smallest absolute Gasteiger partial charge is 0.273 e. The van der Waals surface area contributed by atoms with Crippen LogP contribution in [0.25, 0.3) is 0 Å². The van der Waals surface area contributed by atoms with Crippen LogP contribution in [0.4, 0.5) is 5.82 Å². The van der Waals surface area contributed by atoms with Gasteiger partial charge in [0.05, 0.1) is 0 Å². The molecule has 1 amide bonds. The van der Waals surface area contributed by atoms with Crippen molar-refractivity contribution in [3.8, 4) is 0 Å². The first-order chi connectivity index (χ1) is 9.76. The van der Waals surface area contributed by atoms with Crippen molar-refractivity contribution < 1.29 is 13.2 Å². The Bertz CT molecular complexity index is 788. The normalized spacial score (nSPS) is 11.6. The lowest BCUT2D eigenvalue weighted by Crippen LogP contribution is -2.18. The van der Waals surface area contributed by atoms with E-state index in [2.05, 4.69) is 20.2 Å². The third kappa shape index (κ3) is 2.83. The zero-order valence-corrected chi connectivity index (χ0v) is 13.0. The highest BCUT2D eigenvalue weighted by Crippen LogP contribution is 2.17. The van der Waals surface area contributed by atoms with Gasteiger partial charge in [-0.2, -0.15) is 5.10 Å². The second-order valence-corrected chi connectivity index (χ2v) is 6.54. The van der Waals surface area contributed by atoms with Crippen molar-refractivity contribution in [3.05, 3.63) is 29.2 Å². The molecular formula is C12H17N5O3S. The van der Waals surface area contributed by atoms with E-state index in [9.17, 15) is 13.2 Å². The average molecular weight is 311 g/mol. The Morgan fingerprint density at radius 3 is 2.57 bits per heavy atom. The SMILES string of the molecule is CNS(=O)(=O)c1cc(C(=O)Nc2n[nH]c(C)c2C)n(C)c1. The Labute approximate surface area is 122 Å². The van der Waals surface area contributed by atoms with E-state index in [4.69, 9.17) is 0 Å². The summed E-state index contributed by atoms with van der Waals surface area (Å²) in [4.78, 5) is 12.3. The lowest BCUT2D eigenvalue weighted by molar-refractivity contribution is 0.101. The number of nitrogens with one attached hydrogen (secondary N) is 3. The van der Waals surface area contributed by atoms with E-state index in [0.29, 0.717) is 5.82 Å². The van der Waals surface area contributed by atoms with Crippen molar-refractivity contribution in [1.82, 2.24) is 19.5 Å². The van der Waals surface area contributed by atoms with Crippen LogP contribution in [-0.2, 0) is 17.1 Å². The maximum absolute atomic E-state index is 12.2. The van der Waals surface area contributed by atoms with E-state index in [1.165, 1.54) is 23.9 Å². The second-order valence-electron chi connectivity index (χ2n) is 4.66. The molecule has 0 spiro atoms. The van der Waals surface area contributed by atoms with Gasteiger partial charge in [0.15, 0.2) is 5.82 Å². The van der Waals surface area contributed by atoms with Gasteiger partial charge in [0.2, 0.25) is 10.0 Å². The number of H-pyrrole nitrogens is 1. The molecule has 0 aromatic carbocycles. The lowest BCUT2D eigenvalue weighted by atomic mass is 10.3. The van der Waals surface area contributed by atoms with E-state index in [1.54, 1.807) is 7.05 Å². The molecule has 2 aromatic heterocycles. The standard InChI is InChI=1S/C12H17N5O3S/c1-7-8(2)15-16-11(7)14-12(18)10-5-9(6-17(10)4)21(19,20)13-3/h5-6,13H,1-4H3,(H2,14,15,16,18). The van der Waals surface area contributed by atoms with Gasteiger partial charge in [0.25, 0.3) is 5.91 Å². The number of carbonyl (C=O) groups is 1. The average Bonchev–Trinajstić information content (AvgIpc) is 2.97. The summed E-state index contributed by atoms with van der Waals surface area (Å²) in [5.41, 5.74) is 1.92. The Morgan fingerprint density at radius 1 is 1.38 bits per heavy atom. The summed E-state index contributed by atoms with van der Waals surface area (Å²) in [7, 11) is -0.662. The second kappa shape index (κ2) is 5.34. The molecule has 0 aliphatic heterocycles. The third-order valence-corrected chi connectivity index (χ3v) is 4.66. The number of anilines is 1. The van der Waals surface area contributed by atoms with Gasteiger partial charge in [-0.05, 0) is 27.0 Å². The molecule has 21 heavy (non-hydrogen) atoms. The minimum absolute atomic E-state index is 0.0348. The number of hydrogen-bond acceptors (Lipinski definition) is 4. The first-order valence-corrected chi connectivity index (χ1v) is 7.67. The van der Waals surface area contributed by atoms with Gasteiger partial charge in [-0.1, -0.05) is 0 Å². The van der Waals surface area contributed by atoms with Gasteiger partial charge in [0, 0.05) is 24.5 Å². The first kappa shape index (κ1) is 15.3.